The summed E-state index contributed by atoms with van der Waals surface area (Å²) >= 11 is 0. The van der Waals surface area contributed by atoms with Crippen LogP contribution in [0, 0.1) is 0 Å². The van der Waals surface area contributed by atoms with Gasteiger partial charge in [-0.3, -0.25) is 4.79 Å². The lowest BCUT2D eigenvalue weighted by Gasteiger charge is -2.10. The Bertz CT molecular complexity index is 1130. The molecule has 0 unspecified atom stereocenters. The van der Waals surface area contributed by atoms with Gasteiger partial charge in [-0.2, -0.15) is 0 Å². The number of aromatic nitrogens is 2. The number of amides is 1. The molecule has 0 radical (unpaired) electrons. The van der Waals surface area contributed by atoms with Crippen molar-refractivity contribution in [1.82, 2.24) is 9.97 Å². The molecule has 164 valence electrons. The summed E-state index contributed by atoms with van der Waals surface area (Å²) in [4.78, 5) is 20.0. The number of hydrogen-bond acceptors (Lipinski definition) is 7. The number of sulfonamides is 1. The fourth-order valence-electron chi connectivity index (χ4n) is 2.63. The zero-order valence-electron chi connectivity index (χ0n) is 16.7. The van der Waals surface area contributed by atoms with Crippen LogP contribution in [-0.4, -0.2) is 38.5 Å². The molecule has 0 saturated heterocycles. The van der Waals surface area contributed by atoms with E-state index in [0.29, 0.717) is 17.2 Å². The van der Waals surface area contributed by atoms with E-state index in [1.54, 1.807) is 24.3 Å². The lowest BCUT2D eigenvalue weighted by molar-refractivity contribution is -0.115. The van der Waals surface area contributed by atoms with Crippen LogP contribution in [0.1, 0.15) is 5.56 Å². The maximum atomic E-state index is 12.4. The van der Waals surface area contributed by atoms with Crippen LogP contribution in [0.2, 0.25) is 0 Å². The first-order valence-corrected chi connectivity index (χ1v) is 10.3. The molecule has 11 heteroatoms. The largest absolute Gasteiger partial charge is 0.493 e. The number of ether oxygens (including phenoxy) is 2. The van der Waals surface area contributed by atoms with Gasteiger partial charge in [-0.15, -0.1) is 12.4 Å². The van der Waals surface area contributed by atoms with Crippen LogP contribution in [0.25, 0.3) is 0 Å². The zero-order valence-corrected chi connectivity index (χ0v) is 18.4. The van der Waals surface area contributed by atoms with Gasteiger partial charge in [-0.25, -0.2) is 23.1 Å². The van der Waals surface area contributed by atoms with E-state index >= 15 is 0 Å². The Morgan fingerprint density at radius 2 is 1.61 bits per heavy atom. The van der Waals surface area contributed by atoms with Crippen molar-refractivity contribution in [3.8, 4) is 11.5 Å². The van der Waals surface area contributed by atoms with Gasteiger partial charge in [0, 0.05) is 18.1 Å². The highest BCUT2D eigenvalue weighted by atomic mass is 35.5. The molecule has 0 spiro atoms. The molecule has 1 aromatic heterocycles. The standard InChI is InChI=1S/C20H20N4O5S.ClH/c1-28-17-9-4-14(12-18(17)29-2)13-19(25)23-15-5-7-16(8-6-15)30(26,27)24-20-21-10-3-11-22-20;/h3-12H,13H2,1-2H3,(H,23,25)(H,21,22,24);1H. The van der Waals surface area contributed by atoms with Crippen molar-refractivity contribution in [2.75, 3.05) is 24.3 Å². The normalized spacial score (nSPS) is 10.5. The van der Waals surface area contributed by atoms with E-state index < -0.39 is 10.0 Å². The smallest absolute Gasteiger partial charge is 0.264 e. The number of nitrogens with zero attached hydrogens (tertiary/aromatic N) is 2. The molecule has 0 saturated carbocycles. The van der Waals surface area contributed by atoms with Crippen LogP contribution in [0.4, 0.5) is 11.6 Å². The molecule has 0 atom stereocenters. The lowest BCUT2D eigenvalue weighted by atomic mass is 10.1. The Morgan fingerprint density at radius 1 is 0.968 bits per heavy atom. The summed E-state index contributed by atoms with van der Waals surface area (Å²) in [7, 11) is -0.773. The second-order valence-electron chi connectivity index (χ2n) is 6.12. The molecule has 2 N–H and O–H groups in total. The van der Waals surface area contributed by atoms with Crippen LogP contribution < -0.4 is 19.5 Å². The van der Waals surface area contributed by atoms with Crippen molar-refractivity contribution in [2.45, 2.75) is 11.3 Å². The number of nitrogens with one attached hydrogen (secondary N) is 2. The highest BCUT2D eigenvalue weighted by molar-refractivity contribution is 7.92. The average molecular weight is 465 g/mol. The maximum Gasteiger partial charge on any atom is 0.264 e. The van der Waals surface area contributed by atoms with Crippen LogP contribution in [-0.2, 0) is 21.2 Å². The predicted molar refractivity (Wildman–Crippen MR) is 118 cm³/mol. The van der Waals surface area contributed by atoms with Gasteiger partial charge in [-0.05, 0) is 48.0 Å². The monoisotopic (exact) mass is 464 g/mol. The molecule has 9 nitrogen and oxygen atoms in total. The summed E-state index contributed by atoms with van der Waals surface area (Å²) in [5.74, 6) is 0.832. The molecular weight excluding hydrogens is 444 g/mol. The molecule has 0 bridgehead atoms. The minimum Gasteiger partial charge on any atom is -0.493 e. The molecule has 3 aromatic rings. The number of carbonyl (C=O) groups is 1. The van der Waals surface area contributed by atoms with Gasteiger partial charge in [-0.1, -0.05) is 6.07 Å². The van der Waals surface area contributed by atoms with Gasteiger partial charge in [0.05, 0.1) is 25.5 Å². The number of methoxy groups -OCH3 is 2. The summed E-state index contributed by atoms with van der Waals surface area (Å²) in [5.41, 5.74) is 1.21. The van der Waals surface area contributed by atoms with Crippen LogP contribution in [0.5, 0.6) is 11.5 Å². The molecule has 0 aliphatic carbocycles. The zero-order chi connectivity index (χ0) is 21.6. The van der Waals surface area contributed by atoms with Gasteiger partial charge in [0.2, 0.25) is 11.9 Å². The number of anilines is 2. The van der Waals surface area contributed by atoms with Crippen molar-refractivity contribution >= 4 is 40.0 Å². The summed E-state index contributed by atoms with van der Waals surface area (Å²) in [5, 5.41) is 2.73. The molecule has 31 heavy (non-hydrogen) atoms. The maximum absolute atomic E-state index is 12.4. The highest BCUT2D eigenvalue weighted by Crippen LogP contribution is 2.27. The van der Waals surface area contributed by atoms with Crippen molar-refractivity contribution < 1.29 is 22.7 Å². The quantitative estimate of drug-likeness (QED) is 0.526. The topological polar surface area (TPSA) is 120 Å². The molecule has 1 amide bonds. The third kappa shape index (κ3) is 6.30. The van der Waals surface area contributed by atoms with Gasteiger partial charge in [0.25, 0.3) is 10.0 Å². The molecule has 1 heterocycles. The third-order valence-electron chi connectivity index (χ3n) is 4.05. The number of hydrogen-bond donors (Lipinski definition) is 2. The van der Waals surface area contributed by atoms with Gasteiger partial charge in [0.1, 0.15) is 0 Å². The molecule has 0 aliphatic rings. The second kappa shape index (κ2) is 10.6. The average Bonchev–Trinajstić information content (AvgIpc) is 2.74. The number of benzene rings is 2. The summed E-state index contributed by atoms with van der Waals surface area (Å²) in [6, 6.07) is 12.6. The Kier molecular flexibility index (Phi) is 8.17. The second-order valence-corrected chi connectivity index (χ2v) is 7.80. The molecule has 0 aliphatic heterocycles. The van der Waals surface area contributed by atoms with Crippen LogP contribution in [0.3, 0.4) is 0 Å². The molecule has 0 fully saturated rings. The Hall–Kier alpha value is -3.37. The van der Waals surface area contributed by atoms with Crippen molar-refractivity contribution in [1.29, 1.82) is 0 Å². The van der Waals surface area contributed by atoms with E-state index in [0.717, 1.165) is 5.56 Å². The SMILES string of the molecule is COc1ccc(CC(=O)Nc2ccc(S(=O)(=O)Nc3ncccn3)cc2)cc1OC.Cl. The Labute approximate surface area is 186 Å². The Balaban J connectivity index is 0.00000341. The first-order valence-electron chi connectivity index (χ1n) is 8.82. The predicted octanol–water partition coefficient (Wildman–Crippen LogP) is 2.90. The van der Waals surface area contributed by atoms with E-state index in [2.05, 4.69) is 20.0 Å². The number of carbonyl (C=O) groups excluding carboxylic acids is 1. The molecular formula is C20H21ClN4O5S. The fraction of sp³-hybridized carbons (Fsp3) is 0.150. The van der Waals surface area contributed by atoms with Gasteiger partial charge in [0.15, 0.2) is 11.5 Å². The van der Waals surface area contributed by atoms with Crippen LogP contribution >= 0.6 is 12.4 Å². The van der Waals surface area contributed by atoms with Crippen molar-refractivity contribution in [3.05, 3.63) is 66.5 Å². The minimum absolute atomic E-state index is 0. The molecule has 2 aromatic carbocycles. The van der Waals surface area contributed by atoms with Crippen LogP contribution in [0.15, 0.2) is 65.8 Å². The van der Waals surface area contributed by atoms with E-state index in [9.17, 15) is 13.2 Å². The highest BCUT2D eigenvalue weighted by Gasteiger charge is 2.16. The first-order chi connectivity index (χ1) is 14.4. The Morgan fingerprint density at radius 3 is 2.23 bits per heavy atom. The third-order valence-corrected chi connectivity index (χ3v) is 5.40. The first kappa shape index (κ1) is 23.9. The van der Waals surface area contributed by atoms with E-state index in [-0.39, 0.29) is 35.6 Å². The van der Waals surface area contributed by atoms with E-state index in [1.807, 2.05) is 0 Å². The van der Waals surface area contributed by atoms with Crippen molar-refractivity contribution in [3.63, 3.8) is 0 Å². The number of halogens is 1. The van der Waals surface area contributed by atoms with Crippen molar-refractivity contribution in [2.24, 2.45) is 0 Å². The fourth-order valence-corrected chi connectivity index (χ4v) is 3.59. The van der Waals surface area contributed by atoms with E-state index in [1.165, 1.54) is 50.9 Å². The molecule has 3 rings (SSSR count). The summed E-state index contributed by atoms with van der Waals surface area (Å²) < 4.78 is 37.5. The number of rotatable bonds is 8. The minimum atomic E-state index is -3.83. The summed E-state index contributed by atoms with van der Waals surface area (Å²) in [6.07, 6.45) is 2.98. The van der Waals surface area contributed by atoms with E-state index in [4.69, 9.17) is 9.47 Å². The van der Waals surface area contributed by atoms with Gasteiger partial charge < -0.3 is 14.8 Å². The van der Waals surface area contributed by atoms with Gasteiger partial charge >= 0.3 is 0 Å². The lowest BCUT2D eigenvalue weighted by Crippen LogP contribution is -2.16. The summed E-state index contributed by atoms with van der Waals surface area (Å²) in [6.45, 7) is 0.